The summed E-state index contributed by atoms with van der Waals surface area (Å²) in [4.78, 5) is 0. The van der Waals surface area contributed by atoms with Crippen LogP contribution >= 0.6 is 0 Å². The monoisotopic (exact) mass is 348 g/mol. The van der Waals surface area contributed by atoms with E-state index >= 15 is 0 Å². The largest absolute Gasteiger partial charge is 0.0651 e. The van der Waals surface area contributed by atoms with Crippen LogP contribution < -0.4 is 0 Å². The summed E-state index contributed by atoms with van der Waals surface area (Å²) in [6, 6.07) is 0. The van der Waals surface area contributed by atoms with Crippen LogP contribution in [0.3, 0.4) is 0 Å². The Bertz CT molecular complexity index is 349. The average molecular weight is 349 g/mol. The van der Waals surface area contributed by atoms with Crippen molar-refractivity contribution >= 4 is 0 Å². The zero-order valence-corrected chi connectivity index (χ0v) is 18.4. The van der Waals surface area contributed by atoms with Crippen molar-refractivity contribution in [3.05, 3.63) is 0 Å². The van der Waals surface area contributed by atoms with Crippen LogP contribution in [0.1, 0.15) is 112 Å². The van der Waals surface area contributed by atoms with Gasteiger partial charge in [-0.15, -0.1) is 0 Å². The van der Waals surface area contributed by atoms with Crippen LogP contribution in [0, 0.1) is 47.3 Å². The molecule has 2 fully saturated rings. The van der Waals surface area contributed by atoms with E-state index in [-0.39, 0.29) is 0 Å². The van der Waals surface area contributed by atoms with Crippen molar-refractivity contribution in [2.75, 3.05) is 0 Å². The smallest absolute Gasteiger partial charge is 0.0386 e. The quantitative estimate of drug-likeness (QED) is 0.392. The molecule has 5 unspecified atom stereocenters. The van der Waals surface area contributed by atoms with Crippen molar-refractivity contribution < 1.29 is 0 Å². The standard InChI is InChI=1S/C25H48/c1-7-21(22(8-2)17-25-11-9-10-19(25)5)16-20(6)24-14-12-23(13-15-24)18(3)4/h18-25H,7-17H2,1-6H3. The van der Waals surface area contributed by atoms with Gasteiger partial charge in [0.1, 0.15) is 0 Å². The first kappa shape index (κ1) is 21.3. The second-order valence-electron chi connectivity index (χ2n) is 10.4. The Labute approximate surface area is 159 Å². The van der Waals surface area contributed by atoms with Crippen LogP contribution in [0.5, 0.6) is 0 Å². The molecule has 0 saturated heterocycles. The Morgan fingerprint density at radius 3 is 1.84 bits per heavy atom. The maximum absolute atomic E-state index is 2.59. The number of hydrogen-bond acceptors (Lipinski definition) is 0. The first-order valence-electron chi connectivity index (χ1n) is 12.0. The third-order valence-electron chi connectivity index (χ3n) is 8.60. The fourth-order valence-corrected chi connectivity index (χ4v) is 6.40. The van der Waals surface area contributed by atoms with Gasteiger partial charge in [0.15, 0.2) is 0 Å². The molecule has 0 aromatic rings. The topological polar surface area (TPSA) is 0 Å². The molecule has 0 spiro atoms. The minimum atomic E-state index is 0.900. The Kier molecular flexibility index (Phi) is 8.83. The molecule has 2 rings (SSSR count). The maximum Gasteiger partial charge on any atom is -0.0386 e. The molecule has 2 saturated carbocycles. The van der Waals surface area contributed by atoms with E-state index in [9.17, 15) is 0 Å². The predicted molar refractivity (Wildman–Crippen MR) is 113 cm³/mol. The summed E-state index contributed by atoms with van der Waals surface area (Å²) in [5, 5.41) is 0. The van der Waals surface area contributed by atoms with Crippen molar-refractivity contribution in [1.82, 2.24) is 0 Å². The molecule has 2 aliphatic rings. The number of rotatable bonds is 9. The van der Waals surface area contributed by atoms with Crippen molar-refractivity contribution in [1.29, 1.82) is 0 Å². The highest BCUT2D eigenvalue weighted by Gasteiger charge is 2.32. The van der Waals surface area contributed by atoms with Gasteiger partial charge in [-0.1, -0.05) is 73.6 Å². The molecule has 0 N–H and O–H groups in total. The summed E-state index contributed by atoms with van der Waals surface area (Å²) in [6.45, 7) is 14.9. The van der Waals surface area contributed by atoms with E-state index in [4.69, 9.17) is 0 Å². The van der Waals surface area contributed by atoms with Crippen LogP contribution in [-0.2, 0) is 0 Å². The van der Waals surface area contributed by atoms with Gasteiger partial charge in [0.05, 0.1) is 0 Å². The van der Waals surface area contributed by atoms with E-state index in [0.717, 1.165) is 47.3 Å². The van der Waals surface area contributed by atoms with E-state index < -0.39 is 0 Å². The van der Waals surface area contributed by atoms with Gasteiger partial charge >= 0.3 is 0 Å². The van der Waals surface area contributed by atoms with Gasteiger partial charge in [-0.25, -0.2) is 0 Å². The van der Waals surface area contributed by atoms with Gasteiger partial charge in [0.25, 0.3) is 0 Å². The van der Waals surface area contributed by atoms with Crippen molar-refractivity contribution in [2.45, 2.75) is 112 Å². The normalized spacial score (nSPS) is 34.2. The lowest BCUT2D eigenvalue weighted by Crippen LogP contribution is -2.26. The molecule has 148 valence electrons. The van der Waals surface area contributed by atoms with Gasteiger partial charge in [0, 0.05) is 0 Å². The second-order valence-corrected chi connectivity index (χ2v) is 10.4. The highest BCUT2D eigenvalue weighted by Crippen LogP contribution is 2.43. The van der Waals surface area contributed by atoms with Crippen molar-refractivity contribution in [3.8, 4) is 0 Å². The Morgan fingerprint density at radius 2 is 1.36 bits per heavy atom. The minimum absolute atomic E-state index is 0.900. The molecule has 25 heavy (non-hydrogen) atoms. The molecule has 0 amide bonds. The molecular formula is C25H48. The van der Waals surface area contributed by atoms with E-state index in [1.165, 1.54) is 70.6 Å². The summed E-state index contributed by atoms with van der Waals surface area (Å²) in [7, 11) is 0. The van der Waals surface area contributed by atoms with Gasteiger partial charge in [-0.3, -0.25) is 0 Å². The van der Waals surface area contributed by atoms with Gasteiger partial charge in [0.2, 0.25) is 0 Å². The van der Waals surface area contributed by atoms with Gasteiger partial charge < -0.3 is 0 Å². The SMILES string of the molecule is CCC(CC(C)C1CCC(C(C)C)CC1)C(CC)CC1CCCC1C. The number of hydrogen-bond donors (Lipinski definition) is 0. The highest BCUT2D eigenvalue weighted by molar-refractivity contribution is 4.83. The molecular weight excluding hydrogens is 300 g/mol. The summed E-state index contributed by atoms with van der Waals surface area (Å²) in [6.07, 6.45) is 16.4. The summed E-state index contributed by atoms with van der Waals surface area (Å²) < 4.78 is 0. The van der Waals surface area contributed by atoms with E-state index in [1.54, 1.807) is 0 Å². The van der Waals surface area contributed by atoms with E-state index in [2.05, 4.69) is 41.5 Å². The van der Waals surface area contributed by atoms with Gasteiger partial charge in [-0.05, 0) is 85.9 Å². The Balaban J connectivity index is 1.84. The molecule has 0 aromatic heterocycles. The van der Waals surface area contributed by atoms with E-state index in [0.29, 0.717) is 0 Å². The molecule has 0 radical (unpaired) electrons. The Morgan fingerprint density at radius 1 is 0.760 bits per heavy atom. The fraction of sp³-hybridized carbons (Fsp3) is 1.00. The summed E-state index contributed by atoms with van der Waals surface area (Å²) in [5.74, 6) is 7.89. The predicted octanol–water partition coefficient (Wildman–Crippen LogP) is 8.35. The van der Waals surface area contributed by atoms with Crippen LogP contribution in [0.15, 0.2) is 0 Å². The van der Waals surface area contributed by atoms with Gasteiger partial charge in [-0.2, -0.15) is 0 Å². The molecule has 0 aromatic carbocycles. The zero-order valence-electron chi connectivity index (χ0n) is 18.4. The molecule has 0 nitrogen and oxygen atoms in total. The maximum atomic E-state index is 2.59. The van der Waals surface area contributed by atoms with Crippen LogP contribution in [0.25, 0.3) is 0 Å². The van der Waals surface area contributed by atoms with Crippen LogP contribution in [0.2, 0.25) is 0 Å². The first-order valence-corrected chi connectivity index (χ1v) is 12.0. The lowest BCUT2D eigenvalue weighted by Gasteiger charge is -2.37. The minimum Gasteiger partial charge on any atom is -0.0651 e. The molecule has 2 aliphatic carbocycles. The van der Waals surface area contributed by atoms with Crippen LogP contribution in [-0.4, -0.2) is 0 Å². The fourth-order valence-electron chi connectivity index (χ4n) is 6.40. The van der Waals surface area contributed by atoms with E-state index in [1.807, 2.05) is 0 Å². The van der Waals surface area contributed by atoms with Crippen molar-refractivity contribution in [2.24, 2.45) is 47.3 Å². The lowest BCUT2D eigenvalue weighted by atomic mass is 9.69. The molecule has 0 aliphatic heterocycles. The van der Waals surface area contributed by atoms with Crippen molar-refractivity contribution in [3.63, 3.8) is 0 Å². The highest BCUT2D eigenvalue weighted by atomic mass is 14.4. The summed E-state index contributed by atoms with van der Waals surface area (Å²) in [5.41, 5.74) is 0. The average Bonchev–Trinajstić information content (AvgIpc) is 3.02. The second kappa shape index (κ2) is 10.4. The first-order chi connectivity index (χ1) is 12.0. The molecule has 0 heteroatoms. The Hall–Kier alpha value is 0. The third-order valence-corrected chi connectivity index (χ3v) is 8.60. The lowest BCUT2D eigenvalue weighted by molar-refractivity contribution is 0.139. The zero-order chi connectivity index (χ0) is 18.4. The van der Waals surface area contributed by atoms with Crippen LogP contribution in [0.4, 0.5) is 0 Å². The molecule has 0 bridgehead atoms. The molecule has 0 heterocycles. The summed E-state index contributed by atoms with van der Waals surface area (Å²) >= 11 is 0. The third kappa shape index (κ3) is 6.00. The molecule has 5 atom stereocenters.